The fraction of sp³-hybridized carbons (Fsp3) is 0.462. The summed E-state index contributed by atoms with van der Waals surface area (Å²) in [4.78, 5) is 49.8. The topological polar surface area (TPSA) is 102 Å². The van der Waals surface area contributed by atoms with Crippen molar-refractivity contribution in [1.82, 2.24) is 14.7 Å². The molecule has 0 bridgehead atoms. The molecule has 0 aromatic heterocycles. The summed E-state index contributed by atoms with van der Waals surface area (Å²) >= 11 is 0. The molecule has 5 amide bonds. The molecule has 8 heteroatoms. The highest BCUT2D eigenvalue weighted by Gasteiger charge is 2.44. The Hall–Kier alpha value is -2.69. The molecule has 0 radical (unpaired) electrons. The van der Waals surface area contributed by atoms with Crippen LogP contribution in [0.2, 0.25) is 0 Å². The fourth-order valence-corrected chi connectivity index (χ4v) is 1.86. The molecule has 1 aliphatic rings. The number of imide groups is 2. The Morgan fingerprint density at radius 3 is 2.48 bits per heavy atom. The third kappa shape index (κ3) is 3.45. The van der Waals surface area contributed by atoms with Crippen LogP contribution in [0.15, 0.2) is 12.7 Å². The van der Waals surface area contributed by atoms with Crippen LogP contribution in [-0.4, -0.2) is 64.6 Å². The number of nitriles is 1. The number of amides is 5. The smallest absolute Gasteiger partial charge is 0.328 e. The van der Waals surface area contributed by atoms with Gasteiger partial charge in [-0.2, -0.15) is 5.26 Å². The first kappa shape index (κ1) is 16.4. The van der Waals surface area contributed by atoms with Gasteiger partial charge >= 0.3 is 17.8 Å². The van der Waals surface area contributed by atoms with Crippen LogP contribution in [0.25, 0.3) is 0 Å². The van der Waals surface area contributed by atoms with Gasteiger partial charge in [-0.1, -0.05) is 13.0 Å². The molecule has 112 valence electrons. The Balaban J connectivity index is 2.82. The number of carbonyl (C=O) groups excluding carboxylic acids is 4. The van der Waals surface area contributed by atoms with Gasteiger partial charge in [0.05, 0.1) is 6.07 Å². The summed E-state index contributed by atoms with van der Waals surface area (Å²) in [7, 11) is 0. The highest BCUT2D eigenvalue weighted by Crippen LogP contribution is 2.12. The highest BCUT2D eigenvalue weighted by atomic mass is 16.2. The van der Waals surface area contributed by atoms with Gasteiger partial charge in [-0.3, -0.25) is 19.3 Å². The minimum Gasteiger partial charge on any atom is -0.328 e. The van der Waals surface area contributed by atoms with E-state index in [4.69, 9.17) is 5.26 Å². The zero-order valence-corrected chi connectivity index (χ0v) is 11.7. The number of urea groups is 1. The van der Waals surface area contributed by atoms with Crippen LogP contribution in [0.3, 0.4) is 0 Å². The Morgan fingerprint density at radius 2 is 1.95 bits per heavy atom. The first-order chi connectivity index (χ1) is 9.97. The summed E-state index contributed by atoms with van der Waals surface area (Å²) in [6, 6.07) is 1.00. The molecular weight excluding hydrogens is 276 g/mol. The molecule has 1 rings (SSSR count). The first-order valence-electron chi connectivity index (χ1n) is 6.40. The molecule has 0 unspecified atom stereocenters. The molecule has 0 spiro atoms. The van der Waals surface area contributed by atoms with Gasteiger partial charge in [0, 0.05) is 13.1 Å². The quantitative estimate of drug-likeness (QED) is 0.278. The van der Waals surface area contributed by atoms with Crippen LogP contribution in [0.5, 0.6) is 0 Å². The molecule has 1 aliphatic heterocycles. The van der Waals surface area contributed by atoms with Crippen molar-refractivity contribution in [2.24, 2.45) is 0 Å². The zero-order valence-electron chi connectivity index (χ0n) is 11.7. The third-order valence-corrected chi connectivity index (χ3v) is 2.85. The molecule has 21 heavy (non-hydrogen) atoms. The maximum absolute atomic E-state index is 12.0. The van der Waals surface area contributed by atoms with Crippen molar-refractivity contribution < 1.29 is 19.2 Å². The number of nitrogens with zero attached hydrogens (tertiary/aromatic N) is 4. The monoisotopic (exact) mass is 292 g/mol. The maximum atomic E-state index is 12.0. The number of hydrogen-bond acceptors (Lipinski definition) is 5. The van der Waals surface area contributed by atoms with Crippen LogP contribution in [0.1, 0.15) is 13.3 Å². The van der Waals surface area contributed by atoms with E-state index >= 15 is 0 Å². The van der Waals surface area contributed by atoms with Gasteiger partial charge in [-0.05, 0) is 6.42 Å². The Morgan fingerprint density at radius 1 is 1.33 bits per heavy atom. The lowest BCUT2D eigenvalue weighted by Gasteiger charge is -2.21. The second kappa shape index (κ2) is 7.19. The van der Waals surface area contributed by atoms with Crippen molar-refractivity contribution in [1.29, 1.82) is 5.26 Å². The summed E-state index contributed by atoms with van der Waals surface area (Å²) in [6.07, 6.45) is 1.95. The third-order valence-electron chi connectivity index (χ3n) is 2.85. The zero-order chi connectivity index (χ0) is 16.0. The molecule has 1 heterocycles. The van der Waals surface area contributed by atoms with Gasteiger partial charge in [-0.25, -0.2) is 9.69 Å². The minimum atomic E-state index is -1.04. The molecule has 0 saturated carbocycles. The predicted octanol–water partition coefficient (Wildman–Crippen LogP) is -0.275. The minimum absolute atomic E-state index is 0.0923. The van der Waals surface area contributed by atoms with Crippen molar-refractivity contribution in [2.45, 2.75) is 13.3 Å². The summed E-state index contributed by atoms with van der Waals surface area (Å²) in [5, 5.41) is 8.67. The summed E-state index contributed by atoms with van der Waals surface area (Å²) in [6.45, 7) is 4.80. The van der Waals surface area contributed by atoms with Gasteiger partial charge in [0.25, 0.3) is 0 Å². The van der Waals surface area contributed by atoms with Crippen LogP contribution >= 0.6 is 0 Å². The second-order valence-corrected chi connectivity index (χ2v) is 4.35. The lowest BCUT2D eigenvalue weighted by Crippen LogP contribution is -2.44. The maximum Gasteiger partial charge on any atom is 0.335 e. The largest absolute Gasteiger partial charge is 0.335 e. The van der Waals surface area contributed by atoms with E-state index in [1.807, 2.05) is 13.0 Å². The van der Waals surface area contributed by atoms with Gasteiger partial charge in [0.2, 0.25) is 5.91 Å². The van der Waals surface area contributed by atoms with E-state index in [-0.39, 0.29) is 13.1 Å². The molecule has 0 aliphatic carbocycles. The summed E-state index contributed by atoms with van der Waals surface area (Å²) in [5.41, 5.74) is 0. The average Bonchev–Trinajstić information content (AvgIpc) is 2.65. The van der Waals surface area contributed by atoms with E-state index in [0.29, 0.717) is 17.9 Å². The van der Waals surface area contributed by atoms with E-state index in [1.54, 1.807) is 0 Å². The van der Waals surface area contributed by atoms with Crippen molar-refractivity contribution in [3.05, 3.63) is 12.7 Å². The Labute approximate surface area is 122 Å². The molecule has 0 aromatic carbocycles. The molecule has 8 nitrogen and oxygen atoms in total. The van der Waals surface area contributed by atoms with Gasteiger partial charge in [0.15, 0.2) is 0 Å². The average molecular weight is 292 g/mol. The van der Waals surface area contributed by atoms with Crippen molar-refractivity contribution >= 4 is 23.8 Å². The summed E-state index contributed by atoms with van der Waals surface area (Å²) in [5.74, 6) is -2.56. The van der Waals surface area contributed by atoms with E-state index in [9.17, 15) is 19.2 Å². The van der Waals surface area contributed by atoms with E-state index < -0.39 is 30.3 Å². The van der Waals surface area contributed by atoms with Crippen LogP contribution in [-0.2, 0) is 14.4 Å². The van der Waals surface area contributed by atoms with Crippen LogP contribution in [0, 0.1) is 11.3 Å². The van der Waals surface area contributed by atoms with E-state index in [1.165, 1.54) is 11.0 Å². The fourth-order valence-electron chi connectivity index (χ4n) is 1.86. The number of hydrogen-bond donors (Lipinski definition) is 0. The molecule has 1 saturated heterocycles. The molecule has 0 N–H and O–H groups in total. The molecular formula is C13H16N4O4. The SMILES string of the molecule is C=CCN1C(=O)C(=O)N(CC(=O)N(CC#N)CCC)C1=O. The van der Waals surface area contributed by atoms with E-state index in [0.717, 1.165) is 4.90 Å². The Bertz CT molecular complexity index is 523. The Kier molecular flexibility index (Phi) is 5.60. The molecule has 0 atom stereocenters. The van der Waals surface area contributed by atoms with Gasteiger partial charge in [-0.15, -0.1) is 6.58 Å². The van der Waals surface area contributed by atoms with Gasteiger partial charge < -0.3 is 4.90 Å². The molecule has 1 fully saturated rings. The van der Waals surface area contributed by atoms with E-state index in [2.05, 4.69) is 6.58 Å². The van der Waals surface area contributed by atoms with Crippen molar-refractivity contribution in [3.63, 3.8) is 0 Å². The normalized spacial score (nSPS) is 14.4. The number of rotatable bonds is 7. The lowest BCUT2D eigenvalue weighted by molar-refractivity contribution is -0.144. The molecule has 0 aromatic rings. The van der Waals surface area contributed by atoms with Crippen molar-refractivity contribution in [3.8, 4) is 6.07 Å². The van der Waals surface area contributed by atoms with Gasteiger partial charge in [0.1, 0.15) is 13.1 Å². The standard InChI is InChI=1S/C13H16N4O4/c1-3-6-15(8-5-14)10(18)9-17-12(20)11(19)16(7-4-2)13(17)21/h4H,2-3,6-9H2,1H3. The van der Waals surface area contributed by atoms with Crippen LogP contribution in [0.4, 0.5) is 4.79 Å². The van der Waals surface area contributed by atoms with Crippen molar-refractivity contribution in [2.75, 3.05) is 26.2 Å². The summed E-state index contributed by atoms with van der Waals surface area (Å²) < 4.78 is 0. The first-order valence-corrected chi connectivity index (χ1v) is 6.40. The highest BCUT2D eigenvalue weighted by molar-refractivity contribution is 6.45. The predicted molar refractivity (Wildman–Crippen MR) is 71.5 cm³/mol. The lowest BCUT2D eigenvalue weighted by atomic mass is 10.3. The van der Waals surface area contributed by atoms with Crippen LogP contribution < -0.4 is 0 Å². The number of carbonyl (C=O) groups is 4. The second-order valence-electron chi connectivity index (χ2n) is 4.35.